The van der Waals surface area contributed by atoms with Crippen molar-refractivity contribution in [1.29, 1.82) is 0 Å². The number of benzene rings is 3. The number of phenolic OH excluding ortho intramolecular Hbond substituents is 3. The van der Waals surface area contributed by atoms with E-state index in [1.165, 1.54) is 203 Å². The van der Waals surface area contributed by atoms with E-state index in [2.05, 4.69) is 57.2 Å². The Hall–Kier alpha value is -2.94. The van der Waals surface area contributed by atoms with E-state index in [4.69, 9.17) is 0 Å². The van der Waals surface area contributed by atoms with Crippen LogP contribution in [-0.2, 0) is 32.1 Å². The fourth-order valence-electron chi connectivity index (χ4n) is 8.98. The first-order chi connectivity index (χ1) is 28.9. The van der Waals surface area contributed by atoms with Gasteiger partial charge in [0.1, 0.15) is 17.2 Å². The third kappa shape index (κ3) is 22.5. The molecule has 0 unspecified atom stereocenters. The Balaban J connectivity index is 1.64. The largest absolute Gasteiger partial charge is 0.508 e. The molecule has 0 saturated heterocycles. The number of rotatable bonds is 37. The molecule has 332 valence electrons. The van der Waals surface area contributed by atoms with Gasteiger partial charge in [-0.1, -0.05) is 231 Å². The van der Waals surface area contributed by atoms with Crippen LogP contribution < -0.4 is 0 Å². The van der Waals surface area contributed by atoms with E-state index in [0.717, 1.165) is 47.9 Å². The molecule has 0 atom stereocenters. The molecule has 0 aliphatic rings. The zero-order chi connectivity index (χ0) is 42.2. The zero-order valence-electron chi connectivity index (χ0n) is 38.7. The lowest BCUT2D eigenvalue weighted by atomic mass is 9.91. The zero-order valence-corrected chi connectivity index (χ0v) is 38.7. The molecule has 3 heteroatoms. The highest BCUT2D eigenvalue weighted by Crippen LogP contribution is 2.34. The van der Waals surface area contributed by atoms with Gasteiger partial charge < -0.3 is 15.3 Å². The van der Waals surface area contributed by atoms with E-state index in [-0.39, 0.29) is 0 Å². The van der Waals surface area contributed by atoms with E-state index in [1.807, 2.05) is 12.1 Å². The highest BCUT2D eigenvalue weighted by atomic mass is 16.3. The maximum atomic E-state index is 11.8. The minimum atomic E-state index is 0.301. The summed E-state index contributed by atoms with van der Waals surface area (Å²) >= 11 is 0. The van der Waals surface area contributed by atoms with E-state index in [1.54, 1.807) is 0 Å². The van der Waals surface area contributed by atoms with Gasteiger partial charge in [-0.25, -0.2) is 0 Å². The normalized spacial score (nSPS) is 11.5. The van der Waals surface area contributed by atoms with Crippen molar-refractivity contribution >= 4 is 0 Å². The van der Waals surface area contributed by atoms with Gasteiger partial charge >= 0.3 is 0 Å². The highest BCUT2D eigenvalue weighted by molar-refractivity contribution is 5.51. The number of aryl methyl sites for hydroxylation is 3. The summed E-state index contributed by atoms with van der Waals surface area (Å²) in [5.41, 5.74) is 7.29. The lowest BCUT2D eigenvalue weighted by molar-refractivity contribution is 0.456. The monoisotopic (exact) mass is 811 g/mol. The second-order valence-electron chi connectivity index (χ2n) is 18.3. The van der Waals surface area contributed by atoms with Crippen molar-refractivity contribution in [3.05, 3.63) is 87.5 Å². The van der Waals surface area contributed by atoms with Gasteiger partial charge in [0.15, 0.2) is 0 Å². The molecule has 3 aromatic rings. The molecular weight excluding hydrogens is 721 g/mol. The highest BCUT2D eigenvalue weighted by Gasteiger charge is 2.16. The maximum Gasteiger partial charge on any atom is 0.122 e. The first-order valence-corrected chi connectivity index (χ1v) is 25.4. The summed E-state index contributed by atoms with van der Waals surface area (Å²) in [5, 5.41) is 33.9. The predicted molar refractivity (Wildman–Crippen MR) is 257 cm³/mol. The van der Waals surface area contributed by atoms with Crippen LogP contribution in [-0.4, -0.2) is 15.3 Å². The number of phenols is 3. The third-order valence-electron chi connectivity index (χ3n) is 12.8. The Kier molecular flexibility index (Phi) is 28.0. The standard InChI is InChI=1S/C56H90O3/c1-4-7-10-13-16-19-22-25-28-31-34-47-37-39-54(57)50(41-47)45-52-43-49(36-33-30-27-24-21-18-15-12-9-6-3)44-53(56(52)59)46-51-42-48(38-40-55(51)58)35-32-29-26-23-20-17-14-11-8-5-2/h37-44,57-59H,4-36,45-46H2,1-3H3. The molecule has 0 heterocycles. The van der Waals surface area contributed by atoms with Crippen molar-refractivity contribution in [2.45, 2.75) is 245 Å². The van der Waals surface area contributed by atoms with E-state index < -0.39 is 0 Å². The number of hydrogen-bond acceptors (Lipinski definition) is 3. The summed E-state index contributed by atoms with van der Waals surface area (Å²) in [4.78, 5) is 0. The lowest BCUT2D eigenvalue weighted by Crippen LogP contribution is -2.00. The minimum Gasteiger partial charge on any atom is -0.508 e. The predicted octanol–water partition coefficient (Wildman–Crippen LogP) is 17.4. The van der Waals surface area contributed by atoms with Crippen molar-refractivity contribution in [3.8, 4) is 17.2 Å². The van der Waals surface area contributed by atoms with Crippen molar-refractivity contribution in [2.24, 2.45) is 0 Å². The fraction of sp³-hybridized carbons (Fsp3) is 0.679. The molecule has 0 aromatic heterocycles. The molecule has 0 radical (unpaired) electrons. The quantitative estimate of drug-likeness (QED) is 0.0508. The van der Waals surface area contributed by atoms with Crippen molar-refractivity contribution in [1.82, 2.24) is 0 Å². The molecule has 59 heavy (non-hydrogen) atoms. The van der Waals surface area contributed by atoms with Crippen LogP contribution in [0.5, 0.6) is 17.2 Å². The van der Waals surface area contributed by atoms with Gasteiger partial charge in [-0.15, -0.1) is 0 Å². The van der Waals surface area contributed by atoms with E-state index >= 15 is 0 Å². The molecule has 3 rings (SSSR count). The van der Waals surface area contributed by atoms with E-state index in [9.17, 15) is 15.3 Å². The summed E-state index contributed by atoms with van der Waals surface area (Å²) in [6.45, 7) is 6.84. The van der Waals surface area contributed by atoms with Crippen LogP contribution in [0.25, 0.3) is 0 Å². The molecule has 0 bridgehead atoms. The van der Waals surface area contributed by atoms with Gasteiger partial charge in [0.25, 0.3) is 0 Å². The van der Waals surface area contributed by atoms with Crippen LogP contribution in [0.3, 0.4) is 0 Å². The molecular formula is C56H90O3. The minimum absolute atomic E-state index is 0.301. The van der Waals surface area contributed by atoms with Crippen molar-refractivity contribution in [3.63, 3.8) is 0 Å². The van der Waals surface area contributed by atoms with Gasteiger partial charge in [-0.2, -0.15) is 0 Å². The third-order valence-corrected chi connectivity index (χ3v) is 12.8. The first kappa shape index (κ1) is 50.4. The molecule has 3 N–H and O–H groups in total. The number of hydrogen-bond donors (Lipinski definition) is 3. The van der Waals surface area contributed by atoms with Crippen LogP contribution >= 0.6 is 0 Å². The summed E-state index contributed by atoms with van der Waals surface area (Å²) in [6, 6.07) is 16.6. The van der Waals surface area contributed by atoms with Crippen LogP contribution in [0.2, 0.25) is 0 Å². The summed E-state index contributed by atoms with van der Waals surface area (Å²) in [5.74, 6) is 0.904. The number of aromatic hydroxyl groups is 3. The van der Waals surface area contributed by atoms with Gasteiger partial charge in [-0.3, -0.25) is 0 Å². The van der Waals surface area contributed by atoms with Gasteiger partial charge in [-0.05, 0) is 89.6 Å². The SMILES string of the molecule is CCCCCCCCCCCCc1ccc(O)c(Cc2cc(CCCCCCCCCCCC)cc(Cc3cc(CCCCCCCCCCCC)ccc3O)c2O)c1. The lowest BCUT2D eigenvalue weighted by Gasteiger charge is -2.16. The van der Waals surface area contributed by atoms with Crippen LogP contribution in [0.15, 0.2) is 48.5 Å². The summed E-state index contributed by atoms with van der Waals surface area (Å²) < 4.78 is 0. The molecule has 0 aliphatic carbocycles. The molecule has 0 amide bonds. The summed E-state index contributed by atoms with van der Waals surface area (Å²) in [7, 11) is 0. The summed E-state index contributed by atoms with van der Waals surface area (Å²) in [6.07, 6.45) is 43.7. The molecule has 0 fully saturated rings. The molecule has 0 saturated carbocycles. The van der Waals surface area contributed by atoms with Crippen LogP contribution in [0.1, 0.15) is 252 Å². The smallest absolute Gasteiger partial charge is 0.122 e. The Bertz CT molecular complexity index is 1390. The van der Waals surface area contributed by atoms with Crippen LogP contribution in [0.4, 0.5) is 0 Å². The Labute approximate surface area is 364 Å². The topological polar surface area (TPSA) is 60.7 Å². The second kappa shape index (κ2) is 32.8. The fourth-order valence-corrected chi connectivity index (χ4v) is 8.98. The van der Waals surface area contributed by atoms with Crippen molar-refractivity contribution in [2.75, 3.05) is 0 Å². The van der Waals surface area contributed by atoms with Gasteiger partial charge in [0, 0.05) is 12.8 Å². The maximum absolute atomic E-state index is 11.8. The Morgan fingerprint density at radius 1 is 0.288 bits per heavy atom. The van der Waals surface area contributed by atoms with Gasteiger partial charge in [0.05, 0.1) is 0 Å². The Morgan fingerprint density at radius 2 is 0.542 bits per heavy atom. The van der Waals surface area contributed by atoms with Gasteiger partial charge in [0.2, 0.25) is 0 Å². The van der Waals surface area contributed by atoms with E-state index in [0.29, 0.717) is 30.1 Å². The second-order valence-corrected chi connectivity index (χ2v) is 18.3. The van der Waals surface area contributed by atoms with Crippen molar-refractivity contribution < 1.29 is 15.3 Å². The average molecular weight is 811 g/mol. The molecule has 3 aromatic carbocycles. The number of unbranched alkanes of at least 4 members (excludes halogenated alkanes) is 27. The van der Waals surface area contributed by atoms with Crippen LogP contribution in [0, 0.1) is 0 Å². The molecule has 0 aliphatic heterocycles. The molecule has 3 nitrogen and oxygen atoms in total. The average Bonchev–Trinajstić information content (AvgIpc) is 3.23. The Morgan fingerprint density at radius 3 is 0.847 bits per heavy atom. The first-order valence-electron chi connectivity index (χ1n) is 25.4. The molecule has 0 spiro atoms.